The molecule has 2 heterocycles. The fraction of sp³-hybridized carbons (Fsp3) is 0.533. The smallest absolute Gasteiger partial charge is 0.338 e. The predicted molar refractivity (Wildman–Crippen MR) is 235 cm³/mol. The lowest BCUT2D eigenvalue weighted by Gasteiger charge is -2.44. The summed E-state index contributed by atoms with van der Waals surface area (Å²) >= 11 is 0. The highest BCUT2D eigenvalue weighted by molar-refractivity contribution is 6.74. The van der Waals surface area contributed by atoms with Crippen molar-refractivity contribution in [1.29, 1.82) is 0 Å². The van der Waals surface area contributed by atoms with E-state index in [-0.39, 0.29) is 47.6 Å². The minimum absolute atomic E-state index is 0.0631. The van der Waals surface area contributed by atoms with Gasteiger partial charge in [0.15, 0.2) is 41.4 Å². The summed E-state index contributed by atoms with van der Waals surface area (Å²) in [7, 11) is -5.03. The van der Waals surface area contributed by atoms with Crippen LogP contribution in [0.2, 0.25) is 36.3 Å². The molecule has 0 amide bonds. The van der Waals surface area contributed by atoms with Crippen molar-refractivity contribution in [3.05, 3.63) is 118 Å². The first-order valence-corrected chi connectivity index (χ1v) is 26.7. The maximum Gasteiger partial charge on any atom is 0.338 e. The zero-order valence-corrected chi connectivity index (χ0v) is 39.3. The summed E-state index contributed by atoms with van der Waals surface area (Å²) in [5, 5.41) is 3.25. The van der Waals surface area contributed by atoms with Crippen molar-refractivity contribution < 1.29 is 56.4 Å². The Hall–Kier alpha value is -4.43. The SMILES string of the molecule is CC(C)(C)[Si](C)(C)O[C@@H]1[C@@H](OCCN=[N+]=[N-])O[C@H](CO[C@H]2O[C@H](COC(=O)c3ccccc3)[C@@H](OC(=O)c3ccccc3)[C@@H]2OC(=O)c2ccccc2)[C@H]1O[Si](C)(C)C(C)(C)C. The van der Waals surface area contributed by atoms with Crippen LogP contribution in [-0.2, 0) is 42.0 Å². The lowest BCUT2D eigenvalue weighted by Crippen LogP contribution is -2.54. The zero-order chi connectivity index (χ0) is 45.3. The number of hydrogen-bond acceptors (Lipinski definition) is 13. The standard InChI is InChI=1S/C45H61N3O12Si2/c1-44(2,3)61(7,8)59-36-34(56-43(52-27-26-47-48-46)38(36)60-62(9,10)45(4,5)6)29-54-42-37(58-41(51)32-24-18-13-19-25-32)35(57-40(50)31-22-16-12-17-23-31)33(55-42)28-53-39(49)30-20-14-11-15-21-30/h11-25,33-38,42-43H,26-29H2,1-10H3/t33-,34-,35-,36-,37+,38+,42+,43+/m1/s1. The Labute approximate surface area is 366 Å². The third kappa shape index (κ3) is 12.4. The van der Waals surface area contributed by atoms with Crippen LogP contribution >= 0.6 is 0 Å². The van der Waals surface area contributed by atoms with Crippen LogP contribution in [0.3, 0.4) is 0 Å². The summed E-state index contributed by atoms with van der Waals surface area (Å²) in [6.45, 7) is 21.0. The molecule has 3 aromatic rings. The Balaban J connectivity index is 1.50. The molecular formula is C45H61N3O12Si2. The van der Waals surface area contributed by atoms with Crippen LogP contribution in [0.25, 0.3) is 10.4 Å². The number of benzene rings is 3. The van der Waals surface area contributed by atoms with Crippen molar-refractivity contribution in [3.63, 3.8) is 0 Å². The number of azide groups is 1. The van der Waals surface area contributed by atoms with Gasteiger partial charge >= 0.3 is 17.9 Å². The van der Waals surface area contributed by atoms with Gasteiger partial charge < -0.3 is 42.0 Å². The van der Waals surface area contributed by atoms with Crippen LogP contribution in [0.4, 0.5) is 0 Å². The number of carbonyl (C=O) groups is 3. The van der Waals surface area contributed by atoms with Gasteiger partial charge in [0.05, 0.1) is 29.9 Å². The van der Waals surface area contributed by atoms with Crippen molar-refractivity contribution in [3.8, 4) is 0 Å². The zero-order valence-electron chi connectivity index (χ0n) is 37.3. The lowest BCUT2D eigenvalue weighted by atomic mass is 10.1. The van der Waals surface area contributed by atoms with Crippen molar-refractivity contribution in [2.75, 3.05) is 26.4 Å². The third-order valence-electron chi connectivity index (χ3n) is 11.9. The van der Waals surface area contributed by atoms with E-state index in [1.54, 1.807) is 91.0 Å². The molecule has 2 aliphatic heterocycles. The lowest BCUT2D eigenvalue weighted by molar-refractivity contribution is -0.205. The van der Waals surface area contributed by atoms with Gasteiger partial charge in [0.25, 0.3) is 0 Å². The van der Waals surface area contributed by atoms with Crippen molar-refractivity contribution in [1.82, 2.24) is 0 Å². The number of hydrogen-bond donors (Lipinski definition) is 0. The van der Waals surface area contributed by atoms with Crippen LogP contribution in [0.5, 0.6) is 0 Å². The molecule has 0 unspecified atom stereocenters. The van der Waals surface area contributed by atoms with Crippen LogP contribution in [-0.4, -0.2) is 110 Å². The normalized spacial score (nSPS) is 24.2. The highest BCUT2D eigenvalue weighted by Gasteiger charge is 2.56. The van der Waals surface area contributed by atoms with Crippen LogP contribution in [0, 0.1) is 0 Å². The molecule has 0 aromatic heterocycles. The van der Waals surface area contributed by atoms with Gasteiger partial charge in [-0.25, -0.2) is 14.4 Å². The molecule has 2 aliphatic rings. The molecule has 8 atom stereocenters. The Morgan fingerprint density at radius 3 is 1.48 bits per heavy atom. The molecule has 0 bridgehead atoms. The van der Waals surface area contributed by atoms with Gasteiger partial charge in [-0.05, 0) is 78.2 Å². The topological polar surface area (TPSA) is 183 Å². The molecule has 0 N–H and O–H groups in total. The van der Waals surface area contributed by atoms with Crippen molar-refractivity contribution in [2.24, 2.45) is 5.11 Å². The minimum Gasteiger partial charge on any atom is -0.459 e. The van der Waals surface area contributed by atoms with E-state index in [0.717, 1.165) is 0 Å². The van der Waals surface area contributed by atoms with Crippen LogP contribution < -0.4 is 0 Å². The first kappa shape index (κ1) is 48.6. The molecular weight excluding hydrogens is 831 g/mol. The largest absolute Gasteiger partial charge is 0.459 e. The van der Waals surface area contributed by atoms with Gasteiger partial charge in [-0.1, -0.05) is 101 Å². The number of nitrogens with zero attached hydrogens (tertiary/aromatic N) is 3. The van der Waals surface area contributed by atoms with Gasteiger partial charge in [0.2, 0.25) is 0 Å². The molecule has 0 radical (unpaired) electrons. The summed E-state index contributed by atoms with van der Waals surface area (Å²) in [4.78, 5) is 43.4. The van der Waals surface area contributed by atoms with E-state index in [0.29, 0.717) is 5.56 Å². The fourth-order valence-electron chi connectivity index (χ4n) is 6.28. The molecule has 336 valence electrons. The maximum atomic E-state index is 13.8. The molecule has 15 nitrogen and oxygen atoms in total. The fourth-order valence-corrected chi connectivity index (χ4v) is 8.88. The van der Waals surface area contributed by atoms with E-state index >= 15 is 0 Å². The van der Waals surface area contributed by atoms with Crippen LogP contribution in [0.15, 0.2) is 96.1 Å². The van der Waals surface area contributed by atoms with E-state index < -0.39 is 83.7 Å². The van der Waals surface area contributed by atoms with E-state index in [1.165, 1.54) is 0 Å². The van der Waals surface area contributed by atoms with E-state index in [4.69, 9.17) is 47.5 Å². The van der Waals surface area contributed by atoms with Gasteiger partial charge in [-0.15, -0.1) is 0 Å². The van der Waals surface area contributed by atoms with Gasteiger partial charge in [0, 0.05) is 11.5 Å². The molecule has 2 saturated heterocycles. The monoisotopic (exact) mass is 891 g/mol. The summed E-state index contributed by atoms with van der Waals surface area (Å²) in [6.07, 6.45) is -8.25. The number of ether oxygens (including phenoxy) is 7. The Bertz CT molecular complexity index is 1990. The predicted octanol–water partition coefficient (Wildman–Crippen LogP) is 8.87. The molecule has 17 heteroatoms. The first-order valence-electron chi connectivity index (χ1n) is 20.9. The number of carbonyl (C=O) groups excluding carboxylic acids is 3. The Morgan fingerprint density at radius 2 is 1.02 bits per heavy atom. The van der Waals surface area contributed by atoms with Gasteiger partial charge in [-0.3, -0.25) is 0 Å². The first-order chi connectivity index (χ1) is 29.2. The van der Waals surface area contributed by atoms with Gasteiger partial charge in [-0.2, -0.15) is 0 Å². The third-order valence-corrected chi connectivity index (χ3v) is 20.8. The second-order valence-corrected chi connectivity index (χ2v) is 27.9. The highest BCUT2D eigenvalue weighted by Crippen LogP contribution is 2.44. The highest BCUT2D eigenvalue weighted by atomic mass is 28.4. The van der Waals surface area contributed by atoms with Gasteiger partial charge in [0.1, 0.15) is 31.0 Å². The quantitative estimate of drug-likeness (QED) is 0.0225. The molecule has 5 rings (SSSR count). The molecule has 0 spiro atoms. The summed E-state index contributed by atoms with van der Waals surface area (Å²) in [5.74, 6) is -2.06. The molecule has 0 saturated carbocycles. The molecule has 0 aliphatic carbocycles. The maximum absolute atomic E-state index is 13.8. The number of esters is 3. The summed E-state index contributed by atoms with van der Waals surface area (Å²) in [5.41, 5.74) is 9.73. The average molecular weight is 892 g/mol. The summed E-state index contributed by atoms with van der Waals surface area (Å²) < 4.78 is 57.9. The van der Waals surface area contributed by atoms with E-state index in [9.17, 15) is 14.4 Å². The second kappa shape index (κ2) is 20.8. The Morgan fingerprint density at radius 1 is 0.597 bits per heavy atom. The molecule has 3 aromatic carbocycles. The van der Waals surface area contributed by atoms with E-state index in [2.05, 4.69) is 77.8 Å². The van der Waals surface area contributed by atoms with Crippen molar-refractivity contribution in [2.45, 2.75) is 127 Å². The van der Waals surface area contributed by atoms with Crippen molar-refractivity contribution >= 4 is 34.5 Å². The minimum atomic E-state index is -2.53. The molecule has 62 heavy (non-hydrogen) atoms. The summed E-state index contributed by atoms with van der Waals surface area (Å²) in [6, 6.07) is 25.1. The number of rotatable bonds is 18. The van der Waals surface area contributed by atoms with Crippen LogP contribution in [0.1, 0.15) is 72.6 Å². The molecule has 2 fully saturated rings. The second-order valence-electron chi connectivity index (χ2n) is 18.4. The Kier molecular flexibility index (Phi) is 16.3. The average Bonchev–Trinajstić information content (AvgIpc) is 3.71. The van der Waals surface area contributed by atoms with E-state index in [1.807, 2.05) is 0 Å².